The molecule has 1 saturated heterocycles. The SMILES string of the molecule is O=c1[nH]c(N2CCNCC2)nc(N[C@@H]2C[C@H](CO)[C@@H](O)[C@H]2O)c1-c1nc2ccccc2s1. The van der Waals surface area contributed by atoms with Crippen molar-refractivity contribution >= 4 is 33.3 Å². The van der Waals surface area contributed by atoms with Crippen LogP contribution in [0.15, 0.2) is 29.1 Å². The number of aromatic nitrogens is 3. The van der Waals surface area contributed by atoms with E-state index < -0.39 is 24.2 Å². The number of rotatable bonds is 5. The second-order valence-electron chi connectivity index (χ2n) is 8.25. The molecule has 0 radical (unpaired) electrons. The number of para-hydroxylation sites is 1. The van der Waals surface area contributed by atoms with Gasteiger partial charge in [0.15, 0.2) is 0 Å². The molecule has 2 fully saturated rings. The molecule has 11 heteroatoms. The average Bonchev–Trinajstić information content (AvgIpc) is 3.35. The topological polar surface area (TPSA) is 147 Å². The zero-order valence-corrected chi connectivity index (χ0v) is 18.2. The Morgan fingerprint density at radius 3 is 2.66 bits per heavy atom. The number of nitrogens with one attached hydrogen (secondary N) is 3. The van der Waals surface area contributed by atoms with Crippen LogP contribution < -0.4 is 21.1 Å². The van der Waals surface area contributed by atoms with Crippen LogP contribution in [0.4, 0.5) is 11.8 Å². The van der Waals surface area contributed by atoms with Gasteiger partial charge in [0.25, 0.3) is 5.56 Å². The summed E-state index contributed by atoms with van der Waals surface area (Å²) in [6.07, 6.45) is -1.77. The van der Waals surface area contributed by atoms with Crippen LogP contribution in [0.25, 0.3) is 20.8 Å². The minimum Gasteiger partial charge on any atom is -0.396 e. The number of hydrogen-bond acceptors (Lipinski definition) is 10. The number of benzene rings is 1. The Bertz CT molecular complexity index is 1130. The summed E-state index contributed by atoms with van der Waals surface area (Å²) >= 11 is 1.40. The first-order valence-corrected chi connectivity index (χ1v) is 11.6. The molecule has 0 unspecified atom stereocenters. The van der Waals surface area contributed by atoms with Crippen molar-refractivity contribution in [2.24, 2.45) is 5.92 Å². The van der Waals surface area contributed by atoms with Crippen molar-refractivity contribution in [1.82, 2.24) is 20.3 Å². The fourth-order valence-corrected chi connectivity index (χ4v) is 5.40. The fourth-order valence-electron chi connectivity index (χ4n) is 4.39. The largest absolute Gasteiger partial charge is 0.396 e. The first-order chi connectivity index (χ1) is 15.5. The van der Waals surface area contributed by atoms with Gasteiger partial charge in [-0.15, -0.1) is 11.3 Å². The van der Waals surface area contributed by atoms with Gasteiger partial charge in [0.05, 0.1) is 22.4 Å². The molecule has 3 aromatic rings. The number of hydrogen-bond donors (Lipinski definition) is 6. The summed E-state index contributed by atoms with van der Waals surface area (Å²) in [6.45, 7) is 2.77. The molecule has 1 aromatic carbocycles. The molecule has 6 N–H and O–H groups in total. The third-order valence-electron chi connectivity index (χ3n) is 6.19. The highest BCUT2D eigenvalue weighted by molar-refractivity contribution is 7.21. The van der Waals surface area contributed by atoms with Gasteiger partial charge in [0.1, 0.15) is 22.5 Å². The van der Waals surface area contributed by atoms with Gasteiger partial charge in [0, 0.05) is 38.7 Å². The molecule has 0 spiro atoms. The van der Waals surface area contributed by atoms with Crippen LogP contribution in [0, 0.1) is 5.92 Å². The quantitative estimate of drug-likeness (QED) is 0.310. The molecule has 3 heterocycles. The van der Waals surface area contributed by atoms with Gasteiger partial charge in [-0.1, -0.05) is 12.1 Å². The van der Waals surface area contributed by atoms with Crippen LogP contribution in [0.3, 0.4) is 0 Å². The van der Waals surface area contributed by atoms with Crippen LogP contribution in [-0.4, -0.2) is 81.3 Å². The van der Waals surface area contributed by atoms with Gasteiger partial charge in [0.2, 0.25) is 5.95 Å². The molecule has 2 aromatic heterocycles. The maximum absolute atomic E-state index is 13.3. The standard InChI is InChI=1S/C21H26N6O4S/c28-10-11-9-13(17(30)16(11)29)23-18-15(20-24-12-3-1-2-4-14(12)32-20)19(31)26-21(25-18)27-7-5-22-6-8-27/h1-4,11,13,16-17,22,28-30H,5-10H2,(H2,23,25,26,31)/t11-,13-,16-,17+/m1/s1. The lowest BCUT2D eigenvalue weighted by Gasteiger charge is -2.28. The number of H-pyrrole nitrogens is 1. The van der Waals surface area contributed by atoms with E-state index in [1.54, 1.807) is 0 Å². The minimum atomic E-state index is -1.08. The van der Waals surface area contributed by atoms with Crippen LogP contribution in [0.2, 0.25) is 0 Å². The number of piperazine rings is 1. The third kappa shape index (κ3) is 3.86. The molecule has 1 aliphatic heterocycles. The smallest absolute Gasteiger partial charge is 0.264 e. The molecule has 5 rings (SSSR count). The first kappa shape index (κ1) is 21.3. The third-order valence-corrected chi connectivity index (χ3v) is 7.24. The van der Waals surface area contributed by atoms with E-state index in [9.17, 15) is 20.1 Å². The maximum Gasteiger partial charge on any atom is 0.264 e. The van der Waals surface area contributed by atoms with Crippen molar-refractivity contribution in [2.45, 2.75) is 24.7 Å². The van der Waals surface area contributed by atoms with E-state index >= 15 is 0 Å². The molecule has 32 heavy (non-hydrogen) atoms. The Hall–Kier alpha value is -2.57. The first-order valence-electron chi connectivity index (χ1n) is 10.7. The average molecular weight is 459 g/mol. The monoisotopic (exact) mass is 458 g/mol. The zero-order chi connectivity index (χ0) is 22.2. The van der Waals surface area contributed by atoms with Gasteiger partial charge in [-0.3, -0.25) is 9.78 Å². The van der Waals surface area contributed by atoms with Crippen LogP contribution >= 0.6 is 11.3 Å². The van der Waals surface area contributed by atoms with Crippen LogP contribution in [0.1, 0.15) is 6.42 Å². The molecule has 4 atom stereocenters. The number of anilines is 2. The van der Waals surface area contributed by atoms with Crippen molar-refractivity contribution in [3.8, 4) is 10.6 Å². The van der Waals surface area contributed by atoms with E-state index in [0.29, 0.717) is 41.8 Å². The number of nitrogens with zero attached hydrogens (tertiary/aromatic N) is 3. The summed E-state index contributed by atoms with van der Waals surface area (Å²) in [7, 11) is 0. The lowest BCUT2D eigenvalue weighted by Crippen LogP contribution is -2.45. The molecular weight excluding hydrogens is 432 g/mol. The Kier molecular flexibility index (Phi) is 5.82. The van der Waals surface area contributed by atoms with Gasteiger partial charge < -0.3 is 30.9 Å². The molecule has 2 aliphatic rings. The van der Waals surface area contributed by atoms with E-state index in [-0.39, 0.29) is 12.2 Å². The predicted octanol–water partition coefficient (Wildman–Crippen LogP) is -0.0293. The Morgan fingerprint density at radius 2 is 1.94 bits per heavy atom. The Morgan fingerprint density at radius 1 is 1.16 bits per heavy atom. The summed E-state index contributed by atoms with van der Waals surface area (Å²) in [5.41, 5.74) is 0.779. The maximum atomic E-state index is 13.3. The van der Waals surface area contributed by atoms with E-state index in [0.717, 1.165) is 23.3 Å². The van der Waals surface area contributed by atoms with Gasteiger partial charge in [-0.25, -0.2) is 4.98 Å². The molecule has 1 aliphatic carbocycles. The molecule has 1 saturated carbocycles. The highest BCUT2D eigenvalue weighted by Crippen LogP contribution is 2.35. The van der Waals surface area contributed by atoms with Crippen molar-refractivity contribution in [2.75, 3.05) is 43.0 Å². The summed E-state index contributed by atoms with van der Waals surface area (Å²) in [5, 5.41) is 37.3. The van der Waals surface area contributed by atoms with E-state index in [1.165, 1.54) is 11.3 Å². The summed E-state index contributed by atoms with van der Waals surface area (Å²) in [6, 6.07) is 7.10. The van der Waals surface area contributed by atoms with E-state index in [2.05, 4.69) is 20.6 Å². The summed E-state index contributed by atoms with van der Waals surface area (Å²) < 4.78 is 0.954. The molecule has 170 valence electrons. The van der Waals surface area contributed by atoms with Crippen LogP contribution in [0.5, 0.6) is 0 Å². The predicted molar refractivity (Wildman–Crippen MR) is 123 cm³/mol. The van der Waals surface area contributed by atoms with Crippen molar-refractivity contribution in [1.29, 1.82) is 0 Å². The Balaban J connectivity index is 1.58. The number of thiazole rings is 1. The normalized spacial score (nSPS) is 26.0. The minimum absolute atomic E-state index is 0.226. The zero-order valence-electron chi connectivity index (χ0n) is 17.4. The number of fused-ring (bicyclic) bond motifs is 1. The van der Waals surface area contributed by atoms with Gasteiger partial charge in [-0.2, -0.15) is 4.98 Å². The fraction of sp³-hybridized carbons (Fsp3) is 0.476. The molecular formula is C21H26N6O4S. The number of aromatic amines is 1. The van der Waals surface area contributed by atoms with E-state index in [1.807, 2.05) is 29.2 Å². The Labute approximate surface area is 188 Å². The van der Waals surface area contributed by atoms with Crippen molar-refractivity contribution < 1.29 is 15.3 Å². The number of aliphatic hydroxyl groups excluding tert-OH is 3. The highest BCUT2D eigenvalue weighted by Gasteiger charge is 2.41. The lowest BCUT2D eigenvalue weighted by molar-refractivity contribution is 0.00446. The van der Waals surface area contributed by atoms with Crippen LogP contribution in [-0.2, 0) is 0 Å². The van der Waals surface area contributed by atoms with E-state index in [4.69, 9.17) is 4.98 Å². The second kappa shape index (κ2) is 8.75. The molecule has 0 bridgehead atoms. The molecule has 0 amide bonds. The number of aliphatic hydroxyl groups is 3. The van der Waals surface area contributed by atoms with Gasteiger partial charge >= 0.3 is 0 Å². The lowest BCUT2D eigenvalue weighted by atomic mass is 10.1. The van der Waals surface area contributed by atoms with Crippen molar-refractivity contribution in [3.05, 3.63) is 34.6 Å². The van der Waals surface area contributed by atoms with Gasteiger partial charge in [-0.05, 0) is 18.6 Å². The highest BCUT2D eigenvalue weighted by atomic mass is 32.1. The summed E-state index contributed by atoms with van der Waals surface area (Å²) in [5.74, 6) is 0.329. The van der Waals surface area contributed by atoms with Crippen molar-refractivity contribution in [3.63, 3.8) is 0 Å². The second-order valence-corrected chi connectivity index (χ2v) is 9.28. The summed E-state index contributed by atoms with van der Waals surface area (Å²) in [4.78, 5) is 27.5. The molecule has 10 nitrogen and oxygen atoms in total.